The van der Waals surface area contributed by atoms with Gasteiger partial charge < -0.3 is 8.82 Å². The normalized spacial score (nSPS) is 11.3. The Kier molecular flexibility index (Phi) is 4.42. The third-order valence-corrected chi connectivity index (χ3v) is 4.32. The van der Waals surface area contributed by atoms with Crippen LogP contribution in [-0.4, -0.2) is 19.6 Å². The molecule has 0 amide bonds. The van der Waals surface area contributed by atoms with Crippen molar-refractivity contribution in [3.63, 3.8) is 0 Å². The molecule has 25 heavy (non-hydrogen) atoms. The minimum atomic E-state index is 0.452. The monoisotopic (exact) mass is 372 g/mol. The molecule has 1 aromatic carbocycles. The summed E-state index contributed by atoms with van der Waals surface area (Å²) in [5, 5.41) is 9.29. The Balaban J connectivity index is 1.47. The van der Waals surface area contributed by atoms with Gasteiger partial charge in [0.15, 0.2) is 5.65 Å². The SMILES string of the molecule is Clc1cc(Cl)c2nc(Cc3nnc(CCc4ccccc4)o3)cn2c1. The van der Waals surface area contributed by atoms with Crippen LogP contribution in [-0.2, 0) is 19.3 Å². The predicted molar refractivity (Wildman–Crippen MR) is 96.2 cm³/mol. The van der Waals surface area contributed by atoms with Crippen molar-refractivity contribution < 1.29 is 4.42 Å². The van der Waals surface area contributed by atoms with Crippen LogP contribution in [0.15, 0.2) is 53.2 Å². The van der Waals surface area contributed by atoms with Crippen LogP contribution in [0, 0.1) is 0 Å². The lowest BCUT2D eigenvalue weighted by atomic mass is 10.1. The van der Waals surface area contributed by atoms with Gasteiger partial charge in [0, 0.05) is 18.8 Å². The number of fused-ring (bicyclic) bond motifs is 1. The van der Waals surface area contributed by atoms with Gasteiger partial charge in [0.1, 0.15) is 0 Å². The van der Waals surface area contributed by atoms with Crippen LogP contribution in [0.2, 0.25) is 10.0 Å². The first-order valence-corrected chi connectivity index (χ1v) is 8.61. The average molecular weight is 373 g/mol. The van der Waals surface area contributed by atoms with Gasteiger partial charge in [-0.05, 0) is 18.1 Å². The molecule has 0 aliphatic rings. The lowest BCUT2D eigenvalue weighted by molar-refractivity contribution is 0.456. The first-order valence-electron chi connectivity index (χ1n) is 7.85. The van der Waals surface area contributed by atoms with E-state index in [2.05, 4.69) is 27.3 Å². The summed E-state index contributed by atoms with van der Waals surface area (Å²) in [5.74, 6) is 1.16. The molecule has 3 heterocycles. The number of imidazole rings is 1. The predicted octanol–water partition coefficient (Wildman–Crippen LogP) is 4.40. The fraction of sp³-hybridized carbons (Fsp3) is 0.167. The number of hydrogen-bond acceptors (Lipinski definition) is 4. The Morgan fingerprint density at radius 1 is 0.960 bits per heavy atom. The largest absolute Gasteiger partial charge is 0.425 e. The van der Waals surface area contributed by atoms with Crippen molar-refractivity contribution in [3.8, 4) is 0 Å². The maximum absolute atomic E-state index is 6.16. The number of aromatic nitrogens is 4. The summed E-state index contributed by atoms with van der Waals surface area (Å²) in [7, 11) is 0. The highest BCUT2D eigenvalue weighted by Crippen LogP contribution is 2.22. The molecule has 0 aliphatic carbocycles. The molecule has 3 aromatic heterocycles. The Hall–Kier alpha value is -2.37. The summed E-state index contributed by atoms with van der Waals surface area (Å²) in [5.41, 5.74) is 2.70. The number of benzene rings is 1. The second-order valence-electron chi connectivity index (χ2n) is 5.72. The highest BCUT2D eigenvalue weighted by molar-refractivity contribution is 6.36. The molecule has 0 aliphatic heterocycles. The quantitative estimate of drug-likeness (QED) is 0.520. The van der Waals surface area contributed by atoms with E-state index in [9.17, 15) is 0 Å². The van der Waals surface area contributed by atoms with E-state index in [0.29, 0.717) is 40.3 Å². The Bertz CT molecular complexity index is 1010. The zero-order valence-corrected chi connectivity index (χ0v) is 14.7. The number of halogens is 2. The van der Waals surface area contributed by atoms with Crippen molar-refractivity contribution >= 4 is 28.8 Å². The van der Waals surface area contributed by atoms with Gasteiger partial charge in [0.05, 0.1) is 22.2 Å². The van der Waals surface area contributed by atoms with Crippen LogP contribution in [0.3, 0.4) is 0 Å². The Labute approximate surface area is 154 Å². The fourth-order valence-electron chi connectivity index (χ4n) is 2.67. The van der Waals surface area contributed by atoms with E-state index in [1.54, 1.807) is 16.7 Å². The highest BCUT2D eigenvalue weighted by atomic mass is 35.5. The van der Waals surface area contributed by atoms with E-state index < -0.39 is 0 Å². The van der Waals surface area contributed by atoms with Gasteiger partial charge in [0.25, 0.3) is 0 Å². The number of nitrogens with zero attached hydrogens (tertiary/aromatic N) is 4. The average Bonchev–Trinajstić information content (AvgIpc) is 3.21. The molecular weight excluding hydrogens is 359 g/mol. The molecule has 4 rings (SSSR count). The Morgan fingerprint density at radius 3 is 2.60 bits per heavy atom. The maximum atomic E-state index is 6.16. The van der Waals surface area contributed by atoms with Gasteiger partial charge in [-0.3, -0.25) is 0 Å². The summed E-state index contributed by atoms with van der Waals surface area (Å²) in [6, 6.07) is 11.9. The molecule has 0 unspecified atom stereocenters. The minimum Gasteiger partial charge on any atom is -0.425 e. The molecule has 0 N–H and O–H groups in total. The van der Waals surface area contributed by atoms with E-state index in [4.69, 9.17) is 27.6 Å². The van der Waals surface area contributed by atoms with Crippen molar-refractivity contribution in [2.45, 2.75) is 19.3 Å². The lowest BCUT2D eigenvalue weighted by Crippen LogP contribution is -1.90. The molecule has 0 saturated carbocycles. The van der Waals surface area contributed by atoms with Gasteiger partial charge in [-0.15, -0.1) is 10.2 Å². The third-order valence-electron chi connectivity index (χ3n) is 3.83. The standard InChI is InChI=1S/C18H14Cl2N4O/c19-13-8-15(20)18-21-14(11-24(18)10-13)9-17-23-22-16(25-17)7-6-12-4-2-1-3-5-12/h1-5,8,10-11H,6-7,9H2. The highest BCUT2D eigenvalue weighted by Gasteiger charge is 2.12. The molecule has 126 valence electrons. The second-order valence-corrected chi connectivity index (χ2v) is 6.56. The van der Waals surface area contributed by atoms with E-state index in [1.165, 1.54) is 5.56 Å². The minimum absolute atomic E-state index is 0.452. The van der Waals surface area contributed by atoms with Crippen LogP contribution >= 0.6 is 23.2 Å². The molecule has 0 atom stereocenters. The van der Waals surface area contributed by atoms with E-state index in [0.717, 1.165) is 12.1 Å². The summed E-state index contributed by atoms with van der Waals surface area (Å²) in [6.07, 6.45) is 5.65. The molecule has 0 radical (unpaired) electrons. The molecule has 0 saturated heterocycles. The lowest BCUT2D eigenvalue weighted by Gasteiger charge is -1.96. The van der Waals surface area contributed by atoms with Crippen LogP contribution < -0.4 is 0 Å². The van der Waals surface area contributed by atoms with Crippen molar-refractivity contribution in [1.82, 2.24) is 19.6 Å². The summed E-state index contributed by atoms with van der Waals surface area (Å²) in [6.45, 7) is 0. The van der Waals surface area contributed by atoms with Crippen LogP contribution in [0.4, 0.5) is 0 Å². The fourth-order valence-corrected chi connectivity index (χ4v) is 3.20. The number of pyridine rings is 1. The van der Waals surface area contributed by atoms with Crippen LogP contribution in [0.5, 0.6) is 0 Å². The third kappa shape index (κ3) is 3.67. The number of rotatable bonds is 5. The summed E-state index contributed by atoms with van der Waals surface area (Å²) >= 11 is 12.2. The van der Waals surface area contributed by atoms with Gasteiger partial charge in [-0.25, -0.2) is 4.98 Å². The molecule has 7 heteroatoms. The van der Waals surface area contributed by atoms with Crippen LogP contribution in [0.25, 0.3) is 5.65 Å². The van der Waals surface area contributed by atoms with Crippen molar-refractivity contribution in [2.24, 2.45) is 0 Å². The van der Waals surface area contributed by atoms with Crippen molar-refractivity contribution in [3.05, 3.63) is 81.9 Å². The van der Waals surface area contributed by atoms with Crippen LogP contribution in [0.1, 0.15) is 23.0 Å². The zero-order chi connectivity index (χ0) is 17.2. The van der Waals surface area contributed by atoms with Crippen molar-refractivity contribution in [2.75, 3.05) is 0 Å². The molecule has 5 nitrogen and oxygen atoms in total. The summed E-state index contributed by atoms with van der Waals surface area (Å²) < 4.78 is 7.53. The zero-order valence-electron chi connectivity index (χ0n) is 13.2. The van der Waals surface area contributed by atoms with Crippen molar-refractivity contribution in [1.29, 1.82) is 0 Å². The van der Waals surface area contributed by atoms with Gasteiger partial charge in [0.2, 0.25) is 11.8 Å². The molecule has 4 aromatic rings. The van der Waals surface area contributed by atoms with Gasteiger partial charge in [-0.2, -0.15) is 0 Å². The molecule has 0 spiro atoms. The summed E-state index contributed by atoms with van der Waals surface area (Å²) in [4.78, 5) is 4.50. The van der Waals surface area contributed by atoms with E-state index in [-0.39, 0.29) is 0 Å². The van der Waals surface area contributed by atoms with E-state index >= 15 is 0 Å². The van der Waals surface area contributed by atoms with E-state index in [1.807, 2.05) is 24.4 Å². The first-order chi connectivity index (χ1) is 12.2. The van der Waals surface area contributed by atoms with Gasteiger partial charge in [-0.1, -0.05) is 53.5 Å². The smallest absolute Gasteiger partial charge is 0.222 e. The topological polar surface area (TPSA) is 56.2 Å². The Morgan fingerprint density at radius 2 is 1.76 bits per heavy atom. The number of hydrogen-bond donors (Lipinski definition) is 0. The molecule has 0 bridgehead atoms. The first kappa shape index (κ1) is 16.1. The second kappa shape index (κ2) is 6.86. The van der Waals surface area contributed by atoms with Gasteiger partial charge >= 0.3 is 0 Å². The molecular formula is C18H14Cl2N4O. The molecule has 0 fully saturated rings. The number of aryl methyl sites for hydroxylation is 2. The maximum Gasteiger partial charge on any atom is 0.222 e.